The number of allylic oxidation sites excluding steroid dienone is 4. The minimum atomic E-state index is -0.404. The van der Waals surface area contributed by atoms with Crippen LogP contribution in [0.1, 0.15) is 98.5 Å². The summed E-state index contributed by atoms with van der Waals surface area (Å²) in [4.78, 5) is 30.2. The predicted octanol–water partition coefficient (Wildman–Crippen LogP) is 7.73. The summed E-state index contributed by atoms with van der Waals surface area (Å²) in [6, 6.07) is 3.94. The molecule has 0 saturated carbocycles. The van der Waals surface area contributed by atoms with Crippen molar-refractivity contribution in [3.05, 3.63) is 44.7 Å². The summed E-state index contributed by atoms with van der Waals surface area (Å²) in [5.41, 5.74) is 4.47. The van der Waals surface area contributed by atoms with E-state index in [0.29, 0.717) is 37.6 Å². The van der Waals surface area contributed by atoms with Crippen LogP contribution < -0.4 is 9.47 Å². The number of ketones is 2. The maximum absolute atomic E-state index is 13.9. The van der Waals surface area contributed by atoms with Crippen molar-refractivity contribution in [1.82, 2.24) is 4.90 Å². The first kappa shape index (κ1) is 27.9. The molecule has 4 rings (SSSR count). The van der Waals surface area contributed by atoms with Crippen molar-refractivity contribution in [1.29, 1.82) is 0 Å². The van der Waals surface area contributed by atoms with Crippen LogP contribution in [0.4, 0.5) is 0 Å². The SMILES string of the molecule is CCCOc1cc(Br)c(C2C3=C(CC(C)(C)CC3=O)N(CCC)C3=C2C(=O)CC(C)(C)C3)cc1OCC. The Hall–Kier alpha value is -2.08. The molecule has 0 saturated heterocycles. The number of ether oxygens (including phenoxy) is 2. The highest BCUT2D eigenvalue weighted by atomic mass is 79.9. The van der Waals surface area contributed by atoms with Crippen molar-refractivity contribution < 1.29 is 19.1 Å². The zero-order chi connectivity index (χ0) is 27.1. The molecule has 2 aliphatic carbocycles. The van der Waals surface area contributed by atoms with E-state index in [1.54, 1.807) is 0 Å². The number of carbonyl (C=O) groups is 2. The Labute approximate surface area is 230 Å². The molecule has 0 N–H and O–H groups in total. The molecule has 0 spiro atoms. The van der Waals surface area contributed by atoms with Gasteiger partial charge in [0, 0.05) is 52.3 Å². The van der Waals surface area contributed by atoms with E-state index >= 15 is 0 Å². The summed E-state index contributed by atoms with van der Waals surface area (Å²) in [5.74, 6) is 1.23. The summed E-state index contributed by atoms with van der Waals surface area (Å²) in [7, 11) is 0. The zero-order valence-corrected chi connectivity index (χ0v) is 25.1. The number of hydrogen-bond donors (Lipinski definition) is 0. The molecule has 0 amide bonds. The highest BCUT2D eigenvalue weighted by molar-refractivity contribution is 9.10. The smallest absolute Gasteiger partial charge is 0.162 e. The lowest BCUT2D eigenvalue weighted by molar-refractivity contribution is -0.119. The quantitative estimate of drug-likeness (QED) is 0.319. The van der Waals surface area contributed by atoms with Gasteiger partial charge in [0.2, 0.25) is 0 Å². The Morgan fingerprint density at radius 3 is 1.86 bits per heavy atom. The lowest BCUT2D eigenvalue weighted by atomic mass is 9.63. The van der Waals surface area contributed by atoms with Crippen LogP contribution in [-0.4, -0.2) is 36.2 Å². The summed E-state index contributed by atoms with van der Waals surface area (Å²) < 4.78 is 12.9. The third-order valence-corrected chi connectivity index (χ3v) is 8.29. The van der Waals surface area contributed by atoms with Crippen molar-refractivity contribution in [3.63, 3.8) is 0 Å². The van der Waals surface area contributed by atoms with Gasteiger partial charge < -0.3 is 14.4 Å². The maximum atomic E-state index is 13.9. The molecule has 0 radical (unpaired) electrons. The number of benzene rings is 1. The van der Waals surface area contributed by atoms with E-state index in [4.69, 9.17) is 9.47 Å². The third-order valence-electron chi connectivity index (χ3n) is 7.60. The zero-order valence-electron chi connectivity index (χ0n) is 23.6. The van der Waals surface area contributed by atoms with Gasteiger partial charge in [-0.15, -0.1) is 0 Å². The molecule has 0 bridgehead atoms. The van der Waals surface area contributed by atoms with Crippen molar-refractivity contribution in [2.24, 2.45) is 10.8 Å². The van der Waals surface area contributed by atoms with E-state index in [1.807, 2.05) is 19.1 Å². The highest BCUT2D eigenvalue weighted by Crippen LogP contribution is 2.56. The predicted molar refractivity (Wildman–Crippen MR) is 151 cm³/mol. The highest BCUT2D eigenvalue weighted by Gasteiger charge is 2.49. The fraction of sp³-hybridized carbons (Fsp3) is 0.613. The number of halogens is 1. The Balaban J connectivity index is 1.99. The van der Waals surface area contributed by atoms with E-state index in [9.17, 15) is 9.59 Å². The fourth-order valence-electron chi connectivity index (χ4n) is 6.22. The third kappa shape index (κ3) is 5.41. The molecule has 1 aliphatic heterocycles. The van der Waals surface area contributed by atoms with Crippen LogP contribution in [0.15, 0.2) is 39.1 Å². The Morgan fingerprint density at radius 2 is 1.38 bits per heavy atom. The number of rotatable bonds is 8. The second-order valence-corrected chi connectivity index (χ2v) is 13.1. The van der Waals surface area contributed by atoms with Gasteiger partial charge in [0.05, 0.1) is 13.2 Å². The number of carbonyl (C=O) groups excluding carboxylic acids is 2. The minimum absolute atomic E-state index is 0.121. The van der Waals surface area contributed by atoms with Gasteiger partial charge in [-0.25, -0.2) is 0 Å². The van der Waals surface area contributed by atoms with Crippen molar-refractivity contribution in [2.75, 3.05) is 19.8 Å². The molecule has 5 nitrogen and oxygen atoms in total. The lowest BCUT2D eigenvalue weighted by Crippen LogP contribution is -2.44. The molecular formula is C31H42BrNO4. The van der Waals surface area contributed by atoms with Crippen molar-refractivity contribution in [3.8, 4) is 11.5 Å². The summed E-state index contributed by atoms with van der Waals surface area (Å²) in [5, 5.41) is 0. The van der Waals surface area contributed by atoms with Gasteiger partial charge in [-0.3, -0.25) is 9.59 Å². The first-order valence-corrected chi connectivity index (χ1v) is 14.6. The molecule has 1 aromatic carbocycles. The van der Waals surface area contributed by atoms with Gasteiger partial charge in [0.15, 0.2) is 23.1 Å². The van der Waals surface area contributed by atoms with E-state index < -0.39 is 5.92 Å². The average molecular weight is 573 g/mol. The average Bonchev–Trinajstić information content (AvgIpc) is 2.78. The van der Waals surface area contributed by atoms with Gasteiger partial charge in [-0.05, 0) is 61.1 Å². The molecule has 6 heteroatoms. The standard InChI is InChI=1S/C31H42BrNO4/c1-8-11-33-21-15-30(4,5)17-23(34)28(21)27(29-22(33)16-31(6,7)18-24(29)35)19-13-25(36-10-3)26(14-20(19)32)37-12-9-2/h13-14,27H,8-12,15-18H2,1-7H3. The molecule has 0 unspecified atom stereocenters. The Bertz CT molecular complexity index is 1110. The molecular weight excluding hydrogens is 530 g/mol. The summed E-state index contributed by atoms with van der Waals surface area (Å²) in [6.45, 7) is 16.8. The monoisotopic (exact) mass is 571 g/mol. The number of Topliss-reactive ketones (excluding diaryl/α,β-unsaturated/α-hetero) is 2. The van der Waals surface area contributed by atoms with Crippen LogP contribution in [0.2, 0.25) is 0 Å². The molecule has 0 fully saturated rings. The largest absolute Gasteiger partial charge is 0.490 e. The summed E-state index contributed by atoms with van der Waals surface area (Å²) >= 11 is 3.81. The van der Waals surface area contributed by atoms with Crippen LogP contribution in [0.3, 0.4) is 0 Å². The second-order valence-electron chi connectivity index (χ2n) is 12.3. The van der Waals surface area contributed by atoms with Gasteiger partial charge >= 0.3 is 0 Å². The van der Waals surface area contributed by atoms with E-state index in [2.05, 4.69) is 62.4 Å². The van der Waals surface area contributed by atoms with Crippen molar-refractivity contribution in [2.45, 2.75) is 92.9 Å². The van der Waals surface area contributed by atoms with Gasteiger partial charge in [0.1, 0.15) is 0 Å². The Kier molecular flexibility index (Phi) is 8.00. The first-order valence-electron chi connectivity index (χ1n) is 13.8. The van der Waals surface area contributed by atoms with Gasteiger partial charge in [0.25, 0.3) is 0 Å². The maximum Gasteiger partial charge on any atom is 0.162 e. The topological polar surface area (TPSA) is 55.8 Å². The van der Waals surface area contributed by atoms with Crippen LogP contribution in [0.25, 0.3) is 0 Å². The fourth-order valence-corrected chi connectivity index (χ4v) is 6.77. The first-order chi connectivity index (χ1) is 17.4. The number of hydrogen-bond acceptors (Lipinski definition) is 5. The van der Waals surface area contributed by atoms with Crippen LogP contribution in [0.5, 0.6) is 11.5 Å². The van der Waals surface area contributed by atoms with Gasteiger partial charge in [-0.2, -0.15) is 0 Å². The molecule has 3 aliphatic rings. The van der Waals surface area contributed by atoms with Gasteiger partial charge in [-0.1, -0.05) is 57.5 Å². The lowest BCUT2D eigenvalue weighted by Gasteiger charge is -2.49. The number of nitrogens with zero attached hydrogens (tertiary/aromatic N) is 1. The second kappa shape index (κ2) is 10.6. The van der Waals surface area contributed by atoms with Crippen LogP contribution >= 0.6 is 15.9 Å². The molecule has 1 heterocycles. The molecule has 202 valence electrons. The Morgan fingerprint density at radius 1 is 0.838 bits per heavy atom. The molecule has 37 heavy (non-hydrogen) atoms. The molecule has 1 aromatic rings. The molecule has 0 aromatic heterocycles. The summed E-state index contributed by atoms with van der Waals surface area (Å²) in [6.07, 6.45) is 4.45. The van der Waals surface area contributed by atoms with E-state index in [-0.39, 0.29) is 22.4 Å². The van der Waals surface area contributed by atoms with E-state index in [1.165, 1.54) is 0 Å². The van der Waals surface area contributed by atoms with Crippen molar-refractivity contribution >= 4 is 27.5 Å². The minimum Gasteiger partial charge on any atom is -0.490 e. The molecule has 0 atom stereocenters. The normalized spacial score (nSPS) is 21.2. The van der Waals surface area contributed by atoms with Crippen LogP contribution in [-0.2, 0) is 9.59 Å². The van der Waals surface area contributed by atoms with E-state index in [0.717, 1.165) is 64.8 Å². The van der Waals surface area contributed by atoms with Crippen LogP contribution in [0, 0.1) is 10.8 Å².